The molecule has 0 spiro atoms. The van der Waals surface area contributed by atoms with Crippen LogP contribution in [0.5, 0.6) is 5.75 Å². The van der Waals surface area contributed by atoms with E-state index in [1.807, 2.05) is 0 Å². The number of furan rings is 1. The molecule has 0 bridgehead atoms. The van der Waals surface area contributed by atoms with E-state index in [9.17, 15) is 14.9 Å². The summed E-state index contributed by atoms with van der Waals surface area (Å²) >= 11 is 0. The number of ether oxygens (including phenoxy) is 1. The van der Waals surface area contributed by atoms with E-state index in [4.69, 9.17) is 9.15 Å². The Morgan fingerprint density at radius 1 is 1.25 bits per heavy atom. The molecule has 1 aromatic heterocycles. The van der Waals surface area contributed by atoms with Crippen molar-refractivity contribution in [2.45, 2.75) is 12.8 Å². The van der Waals surface area contributed by atoms with Crippen LogP contribution in [0.4, 0.5) is 5.88 Å². The van der Waals surface area contributed by atoms with Gasteiger partial charge >= 0.3 is 5.88 Å². The van der Waals surface area contributed by atoms with E-state index < -0.39 is 10.8 Å². The highest BCUT2D eigenvalue weighted by molar-refractivity contribution is 6.07. The molecule has 6 heteroatoms. The van der Waals surface area contributed by atoms with Crippen molar-refractivity contribution in [2.24, 2.45) is 0 Å². The Bertz CT molecular complexity index is 689. The van der Waals surface area contributed by atoms with Crippen molar-refractivity contribution in [1.29, 1.82) is 0 Å². The van der Waals surface area contributed by atoms with Crippen LogP contribution in [-0.4, -0.2) is 17.3 Å². The average molecular weight is 273 g/mol. The Hall–Kier alpha value is -2.63. The summed E-state index contributed by atoms with van der Waals surface area (Å²) in [7, 11) is 0. The molecule has 0 saturated carbocycles. The predicted octanol–water partition coefficient (Wildman–Crippen LogP) is 2.74. The van der Waals surface area contributed by atoms with Gasteiger partial charge in [-0.3, -0.25) is 14.9 Å². The lowest BCUT2D eigenvalue weighted by molar-refractivity contribution is -0.402. The summed E-state index contributed by atoms with van der Waals surface area (Å²) < 4.78 is 10.4. The van der Waals surface area contributed by atoms with E-state index in [1.165, 1.54) is 12.1 Å². The fraction of sp³-hybridized carbons (Fsp3) is 0.214. The molecule has 0 N–H and O–H groups in total. The third kappa shape index (κ3) is 2.16. The van der Waals surface area contributed by atoms with E-state index in [0.717, 1.165) is 24.2 Å². The lowest BCUT2D eigenvalue weighted by Gasteiger charge is -2.17. The second-order valence-electron chi connectivity index (χ2n) is 4.50. The first-order chi connectivity index (χ1) is 9.65. The Morgan fingerprint density at radius 3 is 2.85 bits per heavy atom. The van der Waals surface area contributed by atoms with Crippen LogP contribution >= 0.6 is 0 Å². The molecule has 0 amide bonds. The van der Waals surface area contributed by atoms with Gasteiger partial charge in [0.25, 0.3) is 0 Å². The zero-order valence-corrected chi connectivity index (χ0v) is 10.5. The largest absolute Gasteiger partial charge is 0.493 e. The van der Waals surface area contributed by atoms with Crippen LogP contribution in [0.25, 0.3) is 0 Å². The fourth-order valence-corrected chi connectivity index (χ4v) is 2.19. The Kier molecular flexibility index (Phi) is 2.98. The first-order valence-electron chi connectivity index (χ1n) is 6.20. The molecule has 2 aromatic rings. The van der Waals surface area contributed by atoms with Gasteiger partial charge in [-0.05, 0) is 42.7 Å². The molecule has 1 aromatic carbocycles. The van der Waals surface area contributed by atoms with Gasteiger partial charge in [-0.1, -0.05) is 0 Å². The van der Waals surface area contributed by atoms with Gasteiger partial charge in [0.05, 0.1) is 12.7 Å². The highest BCUT2D eigenvalue weighted by Crippen LogP contribution is 2.27. The molecular weight excluding hydrogens is 262 g/mol. The lowest BCUT2D eigenvalue weighted by Crippen LogP contribution is -2.10. The van der Waals surface area contributed by atoms with Crippen molar-refractivity contribution in [1.82, 2.24) is 0 Å². The monoisotopic (exact) mass is 273 g/mol. The van der Waals surface area contributed by atoms with Gasteiger partial charge in [-0.15, -0.1) is 0 Å². The SMILES string of the molecule is O=C(c1ccc2c(c1)CCCO2)c1ccc([N+](=O)[O-])o1. The number of carbonyl (C=O) groups is 1. The maximum absolute atomic E-state index is 12.2. The van der Waals surface area contributed by atoms with Gasteiger partial charge in [0.2, 0.25) is 5.78 Å². The first-order valence-corrected chi connectivity index (χ1v) is 6.20. The van der Waals surface area contributed by atoms with Gasteiger partial charge in [0.1, 0.15) is 10.7 Å². The van der Waals surface area contributed by atoms with Gasteiger partial charge in [-0.2, -0.15) is 0 Å². The summed E-state index contributed by atoms with van der Waals surface area (Å²) in [6.07, 6.45) is 1.77. The molecule has 0 fully saturated rings. The molecule has 0 aliphatic carbocycles. The molecule has 6 nitrogen and oxygen atoms in total. The molecule has 0 atom stereocenters. The number of hydrogen-bond acceptors (Lipinski definition) is 5. The first kappa shape index (κ1) is 12.4. The molecule has 2 heterocycles. The average Bonchev–Trinajstić information content (AvgIpc) is 2.96. The Balaban J connectivity index is 1.91. The Labute approximate surface area is 114 Å². The van der Waals surface area contributed by atoms with Gasteiger partial charge in [0, 0.05) is 5.56 Å². The van der Waals surface area contributed by atoms with Crippen molar-refractivity contribution >= 4 is 11.7 Å². The van der Waals surface area contributed by atoms with Crippen LogP contribution in [0, 0.1) is 10.1 Å². The van der Waals surface area contributed by atoms with Gasteiger partial charge in [-0.25, -0.2) is 0 Å². The lowest BCUT2D eigenvalue weighted by atomic mass is 10.0. The topological polar surface area (TPSA) is 82.6 Å². The number of carbonyl (C=O) groups excluding carboxylic acids is 1. The van der Waals surface area contributed by atoms with E-state index in [0.29, 0.717) is 12.2 Å². The minimum atomic E-state index is -0.669. The van der Waals surface area contributed by atoms with Crippen LogP contribution in [0.3, 0.4) is 0 Å². The standard InChI is InChI=1S/C14H11NO5/c16-14(12-5-6-13(20-12)15(17)18)10-3-4-11-9(8-10)2-1-7-19-11/h3-6,8H,1-2,7H2. The summed E-state index contributed by atoms with van der Waals surface area (Å²) in [6, 6.07) is 7.64. The molecule has 20 heavy (non-hydrogen) atoms. The number of rotatable bonds is 3. The van der Waals surface area contributed by atoms with Crippen molar-refractivity contribution in [3.05, 3.63) is 57.3 Å². The number of ketones is 1. The summed E-state index contributed by atoms with van der Waals surface area (Å²) in [5.41, 5.74) is 1.42. The van der Waals surface area contributed by atoms with Crippen molar-refractivity contribution in [3.8, 4) is 5.75 Å². The van der Waals surface area contributed by atoms with E-state index >= 15 is 0 Å². The second kappa shape index (κ2) is 4.80. The van der Waals surface area contributed by atoms with Crippen LogP contribution in [0.15, 0.2) is 34.7 Å². The third-order valence-corrected chi connectivity index (χ3v) is 3.17. The smallest absolute Gasteiger partial charge is 0.433 e. The van der Waals surface area contributed by atoms with E-state index in [-0.39, 0.29) is 11.5 Å². The molecule has 0 saturated heterocycles. The van der Waals surface area contributed by atoms with Crippen LogP contribution in [0.2, 0.25) is 0 Å². The van der Waals surface area contributed by atoms with Crippen molar-refractivity contribution < 1.29 is 18.9 Å². The number of benzene rings is 1. The minimum Gasteiger partial charge on any atom is -0.493 e. The number of fused-ring (bicyclic) bond motifs is 1. The highest BCUT2D eigenvalue weighted by atomic mass is 16.6. The van der Waals surface area contributed by atoms with Gasteiger partial charge < -0.3 is 9.15 Å². The Morgan fingerprint density at radius 2 is 2.10 bits per heavy atom. The molecule has 1 aliphatic rings. The summed E-state index contributed by atoms with van der Waals surface area (Å²) in [4.78, 5) is 22.1. The number of nitrogens with zero attached hydrogens (tertiary/aromatic N) is 1. The summed E-state index contributed by atoms with van der Waals surface area (Å²) in [5.74, 6) is -0.0484. The van der Waals surface area contributed by atoms with Crippen molar-refractivity contribution in [3.63, 3.8) is 0 Å². The predicted molar refractivity (Wildman–Crippen MR) is 69.1 cm³/mol. The molecule has 102 valence electrons. The van der Waals surface area contributed by atoms with E-state index in [1.54, 1.807) is 18.2 Å². The second-order valence-corrected chi connectivity index (χ2v) is 4.50. The summed E-state index contributed by atoms with van der Waals surface area (Å²) in [5, 5.41) is 10.5. The molecule has 1 aliphatic heterocycles. The zero-order chi connectivity index (χ0) is 14.1. The highest BCUT2D eigenvalue weighted by Gasteiger charge is 2.20. The minimum absolute atomic E-state index is 0.0339. The molecule has 0 unspecified atom stereocenters. The number of aryl methyl sites for hydroxylation is 1. The fourth-order valence-electron chi connectivity index (χ4n) is 2.19. The van der Waals surface area contributed by atoms with Crippen LogP contribution in [0.1, 0.15) is 28.1 Å². The maximum atomic E-state index is 12.2. The van der Waals surface area contributed by atoms with Crippen LogP contribution < -0.4 is 4.74 Å². The van der Waals surface area contributed by atoms with Crippen molar-refractivity contribution in [2.75, 3.05) is 6.61 Å². The normalized spacial score (nSPS) is 13.4. The number of hydrogen-bond donors (Lipinski definition) is 0. The quantitative estimate of drug-likeness (QED) is 0.488. The van der Waals surface area contributed by atoms with Gasteiger partial charge in [0.15, 0.2) is 5.76 Å². The molecule has 3 rings (SSSR count). The zero-order valence-electron chi connectivity index (χ0n) is 10.5. The van der Waals surface area contributed by atoms with E-state index in [2.05, 4.69) is 0 Å². The number of nitro groups is 1. The molecule has 0 radical (unpaired) electrons. The summed E-state index contributed by atoms with van der Waals surface area (Å²) in [6.45, 7) is 0.685. The third-order valence-electron chi connectivity index (χ3n) is 3.17. The maximum Gasteiger partial charge on any atom is 0.433 e. The van der Waals surface area contributed by atoms with Crippen LogP contribution in [-0.2, 0) is 6.42 Å². The molecular formula is C14H11NO5.